The van der Waals surface area contributed by atoms with Gasteiger partial charge in [0.1, 0.15) is 5.69 Å². The number of hydrogen-bond donors (Lipinski definition) is 1. The van der Waals surface area contributed by atoms with Crippen LogP contribution in [0.2, 0.25) is 0 Å². The molecule has 0 radical (unpaired) electrons. The van der Waals surface area contributed by atoms with Gasteiger partial charge in [-0.2, -0.15) is 5.26 Å². The standard InChI is InChI=1S/C15H20N4O2/c1-10-9-18(3)11(2)6-14(10)17-13-5-4-12(8-16)7-15(13)19(20)21/h4-5,7,10-11,14,17H,6,9H2,1-3H3. The van der Waals surface area contributed by atoms with Crippen molar-refractivity contribution >= 4 is 11.4 Å². The molecule has 1 aliphatic heterocycles. The van der Waals surface area contributed by atoms with E-state index in [0.29, 0.717) is 23.2 Å². The number of nitrogens with one attached hydrogen (secondary N) is 1. The molecule has 1 aliphatic rings. The number of benzene rings is 1. The van der Waals surface area contributed by atoms with Crippen LogP contribution < -0.4 is 5.32 Å². The third-order valence-corrected chi connectivity index (χ3v) is 4.27. The Bertz CT molecular complexity index is 582. The van der Waals surface area contributed by atoms with Gasteiger partial charge in [0.15, 0.2) is 0 Å². The lowest BCUT2D eigenvalue weighted by Gasteiger charge is -2.40. The van der Waals surface area contributed by atoms with E-state index >= 15 is 0 Å². The van der Waals surface area contributed by atoms with E-state index in [9.17, 15) is 10.1 Å². The van der Waals surface area contributed by atoms with Crippen LogP contribution in [0.5, 0.6) is 0 Å². The molecule has 0 saturated carbocycles. The van der Waals surface area contributed by atoms with Crippen LogP contribution in [0, 0.1) is 27.4 Å². The molecule has 1 N–H and O–H groups in total. The van der Waals surface area contributed by atoms with Gasteiger partial charge in [-0.15, -0.1) is 0 Å². The Hall–Kier alpha value is -2.13. The van der Waals surface area contributed by atoms with E-state index in [2.05, 4.69) is 31.1 Å². The monoisotopic (exact) mass is 288 g/mol. The fourth-order valence-corrected chi connectivity index (χ4v) is 2.82. The molecule has 1 fully saturated rings. The molecule has 0 aromatic heterocycles. The second-order valence-corrected chi connectivity index (χ2v) is 5.85. The second-order valence-electron chi connectivity index (χ2n) is 5.85. The van der Waals surface area contributed by atoms with Crippen molar-refractivity contribution in [3.63, 3.8) is 0 Å². The summed E-state index contributed by atoms with van der Waals surface area (Å²) < 4.78 is 0. The first-order chi connectivity index (χ1) is 9.92. The van der Waals surface area contributed by atoms with Crippen molar-refractivity contribution in [2.75, 3.05) is 18.9 Å². The van der Waals surface area contributed by atoms with Crippen LogP contribution in [0.3, 0.4) is 0 Å². The van der Waals surface area contributed by atoms with E-state index in [0.717, 1.165) is 13.0 Å². The molecule has 1 heterocycles. The molecule has 1 saturated heterocycles. The van der Waals surface area contributed by atoms with Crippen molar-refractivity contribution in [1.82, 2.24) is 4.90 Å². The van der Waals surface area contributed by atoms with Gasteiger partial charge in [0.05, 0.1) is 16.6 Å². The normalized spacial score (nSPS) is 26.1. The van der Waals surface area contributed by atoms with Crippen molar-refractivity contribution in [3.05, 3.63) is 33.9 Å². The van der Waals surface area contributed by atoms with Gasteiger partial charge in [-0.3, -0.25) is 10.1 Å². The van der Waals surface area contributed by atoms with Crippen molar-refractivity contribution in [3.8, 4) is 6.07 Å². The maximum atomic E-state index is 11.2. The topological polar surface area (TPSA) is 82.2 Å². The first kappa shape index (κ1) is 15.3. The van der Waals surface area contributed by atoms with Gasteiger partial charge in [0.2, 0.25) is 0 Å². The Morgan fingerprint density at radius 1 is 1.48 bits per heavy atom. The third kappa shape index (κ3) is 3.31. The molecule has 1 aromatic rings. The summed E-state index contributed by atoms with van der Waals surface area (Å²) in [6.07, 6.45) is 0.939. The highest BCUT2D eigenvalue weighted by Crippen LogP contribution is 2.30. The first-order valence-corrected chi connectivity index (χ1v) is 7.07. The smallest absolute Gasteiger partial charge is 0.293 e. The van der Waals surface area contributed by atoms with Crippen LogP contribution in [0.15, 0.2) is 18.2 Å². The van der Waals surface area contributed by atoms with E-state index in [1.807, 2.05) is 6.07 Å². The second kappa shape index (κ2) is 6.10. The Morgan fingerprint density at radius 2 is 2.19 bits per heavy atom. The molecule has 0 spiro atoms. The Labute approximate surface area is 124 Å². The maximum Gasteiger partial charge on any atom is 0.293 e. The summed E-state index contributed by atoms with van der Waals surface area (Å²) in [7, 11) is 2.10. The molecule has 0 amide bonds. The number of hydrogen-bond acceptors (Lipinski definition) is 5. The van der Waals surface area contributed by atoms with Crippen molar-refractivity contribution < 1.29 is 4.92 Å². The predicted molar refractivity (Wildman–Crippen MR) is 81.1 cm³/mol. The fourth-order valence-electron chi connectivity index (χ4n) is 2.82. The van der Waals surface area contributed by atoms with Crippen LogP contribution in [-0.2, 0) is 0 Å². The maximum absolute atomic E-state index is 11.2. The minimum absolute atomic E-state index is 0.0344. The van der Waals surface area contributed by atoms with E-state index in [4.69, 9.17) is 5.26 Å². The minimum Gasteiger partial charge on any atom is -0.376 e. The highest BCUT2D eigenvalue weighted by atomic mass is 16.6. The number of likely N-dealkylation sites (tertiary alicyclic amines) is 1. The van der Waals surface area contributed by atoms with Gasteiger partial charge in [-0.1, -0.05) is 6.92 Å². The largest absolute Gasteiger partial charge is 0.376 e. The van der Waals surface area contributed by atoms with Crippen LogP contribution in [0.1, 0.15) is 25.8 Å². The van der Waals surface area contributed by atoms with Gasteiger partial charge >= 0.3 is 0 Å². The Kier molecular flexibility index (Phi) is 4.43. The molecule has 3 atom stereocenters. The zero-order valence-corrected chi connectivity index (χ0v) is 12.5. The highest BCUT2D eigenvalue weighted by Gasteiger charge is 2.30. The summed E-state index contributed by atoms with van der Waals surface area (Å²) in [5, 5.41) is 23.3. The molecule has 6 nitrogen and oxygen atoms in total. The number of rotatable bonds is 3. The average molecular weight is 288 g/mol. The summed E-state index contributed by atoms with van der Waals surface area (Å²) in [4.78, 5) is 13.0. The molecule has 0 aliphatic carbocycles. The quantitative estimate of drug-likeness (QED) is 0.683. The number of piperidine rings is 1. The number of nitriles is 1. The zero-order chi connectivity index (χ0) is 15.6. The summed E-state index contributed by atoms with van der Waals surface area (Å²) in [6.45, 7) is 5.27. The molecule has 3 unspecified atom stereocenters. The lowest BCUT2D eigenvalue weighted by Crippen LogP contribution is -2.48. The Morgan fingerprint density at radius 3 is 2.81 bits per heavy atom. The van der Waals surface area contributed by atoms with Gasteiger partial charge in [-0.05, 0) is 38.4 Å². The molecular weight excluding hydrogens is 268 g/mol. The molecular formula is C15H20N4O2. The number of nitrogens with zero attached hydrogens (tertiary/aromatic N) is 3. The van der Waals surface area contributed by atoms with Gasteiger partial charge in [0, 0.05) is 24.7 Å². The van der Waals surface area contributed by atoms with Crippen LogP contribution in [0.4, 0.5) is 11.4 Å². The van der Waals surface area contributed by atoms with Gasteiger partial charge < -0.3 is 10.2 Å². The molecule has 112 valence electrons. The average Bonchev–Trinajstić information content (AvgIpc) is 2.44. The zero-order valence-electron chi connectivity index (χ0n) is 12.5. The third-order valence-electron chi connectivity index (χ3n) is 4.27. The van der Waals surface area contributed by atoms with Crippen LogP contribution in [-0.4, -0.2) is 35.5 Å². The lowest BCUT2D eigenvalue weighted by molar-refractivity contribution is -0.384. The predicted octanol–water partition coefficient (Wildman–Crippen LogP) is 2.61. The van der Waals surface area contributed by atoms with E-state index < -0.39 is 4.92 Å². The van der Waals surface area contributed by atoms with Crippen molar-refractivity contribution in [2.24, 2.45) is 5.92 Å². The summed E-state index contributed by atoms with van der Waals surface area (Å²) >= 11 is 0. The van der Waals surface area contributed by atoms with Crippen LogP contribution in [0.25, 0.3) is 0 Å². The summed E-state index contributed by atoms with van der Waals surface area (Å²) in [5.41, 5.74) is 0.762. The first-order valence-electron chi connectivity index (χ1n) is 7.07. The molecule has 21 heavy (non-hydrogen) atoms. The van der Waals surface area contributed by atoms with E-state index in [-0.39, 0.29) is 11.7 Å². The van der Waals surface area contributed by atoms with E-state index in [1.54, 1.807) is 12.1 Å². The van der Waals surface area contributed by atoms with Crippen molar-refractivity contribution in [2.45, 2.75) is 32.4 Å². The molecule has 6 heteroatoms. The summed E-state index contributed by atoms with van der Waals surface area (Å²) in [5.74, 6) is 0.404. The lowest BCUT2D eigenvalue weighted by atomic mass is 9.89. The molecule has 0 bridgehead atoms. The Balaban J connectivity index is 2.23. The van der Waals surface area contributed by atoms with Gasteiger partial charge in [-0.25, -0.2) is 0 Å². The summed E-state index contributed by atoms with van der Waals surface area (Å²) in [6, 6.07) is 7.14. The number of nitro groups is 1. The van der Waals surface area contributed by atoms with Crippen LogP contribution >= 0.6 is 0 Å². The van der Waals surface area contributed by atoms with Gasteiger partial charge in [0.25, 0.3) is 5.69 Å². The number of nitro benzene ring substituents is 1. The number of anilines is 1. The van der Waals surface area contributed by atoms with E-state index in [1.165, 1.54) is 6.07 Å². The molecule has 1 aromatic carbocycles. The SMILES string of the molecule is CC1CN(C)C(C)CC1Nc1ccc(C#N)cc1[N+](=O)[O-]. The van der Waals surface area contributed by atoms with Crippen molar-refractivity contribution in [1.29, 1.82) is 5.26 Å². The molecule has 2 rings (SSSR count). The minimum atomic E-state index is -0.438. The fraction of sp³-hybridized carbons (Fsp3) is 0.533. The highest BCUT2D eigenvalue weighted by molar-refractivity contribution is 5.64.